The van der Waals surface area contributed by atoms with E-state index in [1.807, 2.05) is 83.8 Å². The van der Waals surface area contributed by atoms with Gasteiger partial charge in [0.25, 0.3) is 0 Å². The average molecular weight is 500 g/mol. The molecule has 0 aromatic heterocycles. The van der Waals surface area contributed by atoms with Crippen molar-refractivity contribution in [3.05, 3.63) is 136 Å². The summed E-state index contributed by atoms with van der Waals surface area (Å²) in [5.74, 6) is 0.122. The highest BCUT2D eigenvalue weighted by molar-refractivity contribution is 9.10. The molecule has 1 saturated heterocycles. The Balaban J connectivity index is 1.67. The lowest BCUT2D eigenvalue weighted by Gasteiger charge is -2.27. The van der Waals surface area contributed by atoms with Crippen molar-refractivity contribution < 1.29 is 4.79 Å². The summed E-state index contributed by atoms with van der Waals surface area (Å²) in [6.07, 6.45) is 0.625. The van der Waals surface area contributed by atoms with Crippen molar-refractivity contribution in [3.8, 4) is 0 Å². The largest absolute Gasteiger partial charge is 0.294 e. The molecule has 0 saturated carbocycles. The maximum absolute atomic E-state index is 14.4. The lowest BCUT2D eigenvalue weighted by molar-refractivity contribution is -0.120. The van der Waals surface area contributed by atoms with Crippen LogP contribution in [0, 0.1) is 0 Å². The highest BCUT2D eigenvalue weighted by atomic mass is 79.9. The Morgan fingerprint density at radius 1 is 0.750 bits per heavy atom. The quantitative estimate of drug-likeness (QED) is 0.285. The molecule has 32 heavy (non-hydrogen) atoms. The Morgan fingerprint density at radius 3 is 1.94 bits per heavy atom. The normalized spacial score (nSPS) is 20.5. The number of hydrogen-bond donors (Lipinski definition) is 0. The van der Waals surface area contributed by atoms with Crippen LogP contribution in [0.1, 0.15) is 22.1 Å². The van der Waals surface area contributed by atoms with E-state index < -0.39 is 4.75 Å². The molecule has 0 spiro atoms. The zero-order valence-electron chi connectivity index (χ0n) is 17.4. The van der Waals surface area contributed by atoms with Crippen LogP contribution in [0.15, 0.2) is 120 Å². The van der Waals surface area contributed by atoms with Crippen molar-refractivity contribution >= 4 is 39.3 Å². The van der Waals surface area contributed by atoms with Crippen LogP contribution in [0.4, 0.5) is 5.69 Å². The fourth-order valence-corrected chi connectivity index (χ4v) is 6.26. The summed E-state index contributed by atoms with van der Waals surface area (Å²) in [5, 5.41) is -0.109. The van der Waals surface area contributed by atoms with Gasteiger partial charge in [-0.05, 0) is 41.0 Å². The summed E-state index contributed by atoms with van der Waals surface area (Å²) in [6.45, 7) is 0. The number of nitrogens with zero attached hydrogens (tertiary/aromatic N) is 1. The highest BCUT2D eigenvalue weighted by Crippen LogP contribution is 2.57. The number of hydrogen-bond acceptors (Lipinski definition) is 2. The fourth-order valence-electron chi connectivity index (χ4n) is 4.28. The van der Waals surface area contributed by atoms with Crippen molar-refractivity contribution in [2.75, 3.05) is 4.90 Å². The standard InChI is InChI=1S/C28H22BrNOS/c29-24-18-16-21(17-19-24)20-28(23-12-6-2-7-13-23)27(31)30(25-14-8-3-9-15-25)26(32-28)22-10-4-1-5-11-22/h1-19,26H,20H2. The third kappa shape index (κ3) is 3.89. The SMILES string of the molecule is O=C1N(c2ccccc2)C(c2ccccc2)SC1(Cc1ccc(Br)cc1)c1ccccc1. The number of thioether (sulfide) groups is 1. The van der Waals surface area contributed by atoms with Crippen molar-refractivity contribution in [1.29, 1.82) is 0 Å². The van der Waals surface area contributed by atoms with E-state index in [-0.39, 0.29) is 11.3 Å². The molecular weight excluding hydrogens is 478 g/mol. The molecular formula is C28H22BrNOS. The van der Waals surface area contributed by atoms with Gasteiger partial charge in [-0.25, -0.2) is 0 Å². The number of amides is 1. The molecule has 5 rings (SSSR count). The molecule has 1 heterocycles. The monoisotopic (exact) mass is 499 g/mol. The van der Waals surface area contributed by atoms with Crippen LogP contribution in [0.2, 0.25) is 0 Å². The maximum Gasteiger partial charge on any atom is 0.249 e. The molecule has 2 nitrogen and oxygen atoms in total. The predicted octanol–water partition coefficient (Wildman–Crippen LogP) is 7.37. The first-order chi connectivity index (χ1) is 15.7. The van der Waals surface area contributed by atoms with Crippen molar-refractivity contribution in [2.45, 2.75) is 16.5 Å². The molecule has 0 N–H and O–H groups in total. The van der Waals surface area contributed by atoms with E-state index in [2.05, 4.69) is 52.3 Å². The number of anilines is 1. The third-order valence-corrected chi connectivity index (χ3v) is 8.03. The second-order valence-electron chi connectivity index (χ2n) is 7.89. The average Bonchev–Trinajstić information content (AvgIpc) is 3.15. The molecule has 4 aromatic carbocycles. The summed E-state index contributed by atoms with van der Waals surface area (Å²) >= 11 is 5.27. The molecule has 1 aliphatic rings. The smallest absolute Gasteiger partial charge is 0.249 e. The summed E-state index contributed by atoms with van der Waals surface area (Å²) < 4.78 is 0.319. The Labute approximate surface area is 201 Å². The molecule has 1 aliphatic heterocycles. The number of para-hydroxylation sites is 1. The zero-order chi connectivity index (χ0) is 22.0. The molecule has 1 fully saturated rings. The summed E-state index contributed by atoms with van der Waals surface area (Å²) in [6, 6.07) is 38.9. The number of carbonyl (C=O) groups is 1. The van der Waals surface area contributed by atoms with E-state index in [9.17, 15) is 4.79 Å². The second kappa shape index (κ2) is 8.97. The van der Waals surface area contributed by atoms with E-state index >= 15 is 0 Å². The highest BCUT2D eigenvalue weighted by Gasteiger charge is 2.54. The van der Waals surface area contributed by atoms with Gasteiger partial charge in [-0.2, -0.15) is 0 Å². The van der Waals surface area contributed by atoms with Crippen LogP contribution in [0.3, 0.4) is 0 Å². The van der Waals surface area contributed by atoms with Gasteiger partial charge in [0.15, 0.2) is 0 Å². The van der Waals surface area contributed by atoms with Crippen LogP contribution < -0.4 is 4.90 Å². The first kappa shape index (κ1) is 21.0. The number of carbonyl (C=O) groups excluding carboxylic acids is 1. The molecule has 0 radical (unpaired) electrons. The van der Waals surface area contributed by atoms with Gasteiger partial charge in [0.05, 0.1) is 0 Å². The van der Waals surface area contributed by atoms with E-state index in [0.29, 0.717) is 6.42 Å². The Morgan fingerprint density at radius 2 is 1.31 bits per heavy atom. The number of benzene rings is 4. The second-order valence-corrected chi connectivity index (χ2v) is 10.2. The molecule has 2 atom stereocenters. The van der Waals surface area contributed by atoms with Gasteiger partial charge in [-0.1, -0.05) is 107 Å². The lowest BCUT2D eigenvalue weighted by Crippen LogP contribution is -2.39. The molecule has 1 amide bonds. The van der Waals surface area contributed by atoms with Gasteiger partial charge >= 0.3 is 0 Å². The molecule has 4 aromatic rings. The van der Waals surface area contributed by atoms with Gasteiger partial charge < -0.3 is 0 Å². The zero-order valence-corrected chi connectivity index (χ0v) is 19.8. The number of rotatable bonds is 5. The fraction of sp³-hybridized carbons (Fsp3) is 0.107. The van der Waals surface area contributed by atoms with E-state index in [4.69, 9.17) is 0 Å². The van der Waals surface area contributed by atoms with Crippen molar-refractivity contribution in [3.63, 3.8) is 0 Å². The maximum atomic E-state index is 14.4. The topological polar surface area (TPSA) is 20.3 Å². The number of halogens is 1. The minimum Gasteiger partial charge on any atom is -0.294 e. The van der Waals surface area contributed by atoms with Crippen molar-refractivity contribution in [1.82, 2.24) is 0 Å². The molecule has 158 valence electrons. The van der Waals surface area contributed by atoms with Crippen molar-refractivity contribution in [2.24, 2.45) is 0 Å². The summed E-state index contributed by atoms with van der Waals surface area (Å²) in [5.41, 5.74) is 4.23. The molecule has 4 heteroatoms. The summed E-state index contributed by atoms with van der Waals surface area (Å²) in [7, 11) is 0. The van der Waals surface area contributed by atoms with E-state index in [0.717, 1.165) is 26.9 Å². The molecule has 2 unspecified atom stereocenters. The van der Waals surface area contributed by atoms with Gasteiger partial charge in [-0.3, -0.25) is 9.69 Å². The first-order valence-corrected chi connectivity index (χ1v) is 12.3. The third-order valence-electron chi connectivity index (χ3n) is 5.84. The summed E-state index contributed by atoms with van der Waals surface area (Å²) in [4.78, 5) is 16.4. The minimum atomic E-state index is -0.717. The van der Waals surface area contributed by atoms with Gasteiger partial charge in [0.2, 0.25) is 5.91 Å². The Bertz CT molecular complexity index is 1200. The van der Waals surface area contributed by atoms with Gasteiger partial charge in [0, 0.05) is 16.6 Å². The minimum absolute atomic E-state index is 0.109. The van der Waals surface area contributed by atoms with E-state index in [1.165, 1.54) is 0 Å². The molecule has 0 bridgehead atoms. The van der Waals surface area contributed by atoms with Crippen LogP contribution in [-0.2, 0) is 16.0 Å². The molecule has 0 aliphatic carbocycles. The Kier molecular flexibility index (Phi) is 5.90. The van der Waals surface area contributed by atoms with E-state index in [1.54, 1.807) is 11.8 Å². The first-order valence-electron chi connectivity index (χ1n) is 10.6. The van der Waals surface area contributed by atoms with Crippen LogP contribution in [-0.4, -0.2) is 5.91 Å². The van der Waals surface area contributed by atoms with Crippen LogP contribution >= 0.6 is 27.7 Å². The van der Waals surface area contributed by atoms with Crippen LogP contribution in [0.5, 0.6) is 0 Å². The Hall–Kier alpha value is -2.82. The lowest BCUT2D eigenvalue weighted by atomic mass is 9.89. The predicted molar refractivity (Wildman–Crippen MR) is 137 cm³/mol. The van der Waals surface area contributed by atoms with Crippen LogP contribution in [0.25, 0.3) is 0 Å². The van der Waals surface area contributed by atoms with Gasteiger partial charge in [0.1, 0.15) is 10.1 Å². The van der Waals surface area contributed by atoms with Gasteiger partial charge in [-0.15, -0.1) is 11.8 Å².